The number of hydrogen-bond donors (Lipinski definition) is 1. The summed E-state index contributed by atoms with van der Waals surface area (Å²) >= 11 is 6.67. The number of nitrogens with one attached hydrogen (secondary N) is 1. The van der Waals surface area contributed by atoms with Gasteiger partial charge in [0.05, 0.1) is 10.7 Å². The van der Waals surface area contributed by atoms with Gasteiger partial charge in [-0.05, 0) is 91.9 Å². The number of anilines is 1. The first-order valence-electron chi connectivity index (χ1n) is 14.2. The highest BCUT2D eigenvalue weighted by molar-refractivity contribution is 6.34. The molecule has 6 heteroatoms. The number of pyridine rings is 1. The van der Waals surface area contributed by atoms with Crippen molar-refractivity contribution in [2.75, 3.05) is 37.6 Å². The molecule has 0 bridgehead atoms. The molecule has 1 aromatic heterocycles. The first-order chi connectivity index (χ1) is 18.6. The van der Waals surface area contributed by atoms with Crippen molar-refractivity contribution in [2.45, 2.75) is 51.5 Å². The van der Waals surface area contributed by atoms with Crippen molar-refractivity contribution in [3.05, 3.63) is 83.1 Å². The molecule has 3 aromatic rings. The summed E-state index contributed by atoms with van der Waals surface area (Å²) < 4.78 is 0. The van der Waals surface area contributed by atoms with Crippen molar-refractivity contribution in [3.63, 3.8) is 0 Å². The van der Waals surface area contributed by atoms with Gasteiger partial charge in [-0.1, -0.05) is 48.9 Å². The minimum atomic E-state index is 0.0358. The molecular weight excluding hydrogens is 492 g/mol. The van der Waals surface area contributed by atoms with Crippen LogP contribution in [0.25, 0.3) is 11.1 Å². The van der Waals surface area contributed by atoms with E-state index in [1.54, 1.807) is 6.20 Å². The van der Waals surface area contributed by atoms with Gasteiger partial charge in [-0.25, -0.2) is 0 Å². The molecule has 0 atom stereocenters. The van der Waals surface area contributed by atoms with Gasteiger partial charge in [-0.2, -0.15) is 0 Å². The van der Waals surface area contributed by atoms with Crippen molar-refractivity contribution in [3.8, 4) is 11.1 Å². The topological polar surface area (TPSA) is 48.5 Å². The monoisotopic (exact) mass is 530 g/mol. The average molecular weight is 531 g/mol. The molecule has 1 aliphatic carbocycles. The van der Waals surface area contributed by atoms with Crippen LogP contribution in [0.4, 0.5) is 5.69 Å². The Morgan fingerprint density at radius 1 is 0.947 bits per heavy atom. The number of carbonyl (C=O) groups excluding carboxylic acids is 1. The van der Waals surface area contributed by atoms with Crippen molar-refractivity contribution in [2.24, 2.45) is 5.92 Å². The van der Waals surface area contributed by atoms with E-state index in [-0.39, 0.29) is 11.9 Å². The molecule has 5 nitrogen and oxygen atoms in total. The van der Waals surface area contributed by atoms with E-state index in [9.17, 15) is 4.79 Å². The Hall–Kier alpha value is -2.89. The molecule has 1 amide bonds. The third-order valence-corrected chi connectivity index (χ3v) is 8.77. The lowest BCUT2D eigenvalue weighted by Crippen LogP contribution is -2.47. The van der Waals surface area contributed by atoms with Crippen molar-refractivity contribution in [1.82, 2.24) is 15.2 Å². The van der Waals surface area contributed by atoms with E-state index in [4.69, 9.17) is 11.6 Å². The predicted octanol–water partition coefficient (Wildman–Crippen LogP) is 6.47. The highest BCUT2D eigenvalue weighted by Crippen LogP contribution is 2.31. The number of amides is 1. The third kappa shape index (κ3) is 6.57. The van der Waals surface area contributed by atoms with Crippen LogP contribution in [-0.2, 0) is 6.42 Å². The van der Waals surface area contributed by atoms with Gasteiger partial charge < -0.3 is 10.2 Å². The molecule has 2 aromatic carbocycles. The zero-order valence-electron chi connectivity index (χ0n) is 22.4. The first-order valence-corrected chi connectivity index (χ1v) is 14.5. The molecule has 200 valence electrons. The molecule has 1 saturated carbocycles. The number of rotatable bonds is 8. The summed E-state index contributed by atoms with van der Waals surface area (Å²) in [5, 5.41) is 4.20. The fourth-order valence-corrected chi connectivity index (χ4v) is 6.25. The Bertz CT molecular complexity index is 1180. The maximum Gasteiger partial charge on any atom is 0.251 e. The fraction of sp³-hybridized carbons (Fsp3) is 0.438. The van der Waals surface area contributed by atoms with Gasteiger partial charge in [-0.15, -0.1) is 0 Å². The standard InChI is InChI=1S/C32H39ClN4O/c1-2-25-5-3-7-30(31(25)33)37-21-19-36(20-22-37)18-16-24-8-14-29(15-9-24)35-32(38)27-12-10-26(11-13-27)28-6-4-17-34-23-28/h3-7,10-13,17,23-24,29H,2,8-9,14-16,18-22H2,1H3,(H,35,38). The zero-order chi connectivity index (χ0) is 26.3. The molecule has 2 aliphatic rings. The predicted molar refractivity (Wildman–Crippen MR) is 157 cm³/mol. The number of carbonyl (C=O) groups is 1. The largest absolute Gasteiger partial charge is 0.368 e. The van der Waals surface area contributed by atoms with Gasteiger partial charge in [0.1, 0.15) is 0 Å². The number of halogens is 1. The summed E-state index contributed by atoms with van der Waals surface area (Å²) in [4.78, 5) is 22.0. The maximum absolute atomic E-state index is 12.8. The van der Waals surface area contributed by atoms with Crippen molar-refractivity contribution in [1.29, 1.82) is 0 Å². The molecule has 1 N–H and O–H groups in total. The van der Waals surface area contributed by atoms with Crippen LogP contribution in [-0.4, -0.2) is 54.6 Å². The lowest BCUT2D eigenvalue weighted by molar-refractivity contribution is 0.0919. The normalized spacial score (nSPS) is 20.3. The Morgan fingerprint density at radius 3 is 2.39 bits per heavy atom. The molecule has 2 fully saturated rings. The number of piperazine rings is 1. The molecule has 5 rings (SSSR count). The number of aryl methyl sites for hydroxylation is 1. The summed E-state index contributed by atoms with van der Waals surface area (Å²) in [6.45, 7) is 7.59. The lowest BCUT2D eigenvalue weighted by atomic mass is 9.84. The van der Waals surface area contributed by atoms with Crippen LogP contribution < -0.4 is 10.2 Å². The van der Waals surface area contributed by atoms with Gasteiger partial charge in [0, 0.05) is 50.2 Å². The van der Waals surface area contributed by atoms with Crippen LogP contribution in [0.1, 0.15) is 54.9 Å². The molecule has 0 radical (unpaired) electrons. The molecule has 0 spiro atoms. The van der Waals surface area contributed by atoms with E-state index in [1.165, 1.54) is 37.1 Å². The van der Waals surface area contributed by atoms with Crippen molar-refractivity contribution >= 4 is 23.2 Å². The molecule has 2 heterocycles. The summed E-state index contributed by atoms with van der Waals surface area (Å²) in [7, 11) is 0. The van der Waals surface area contributed by atoms with Gasteiger partial charge in [0.15, 0.2) is 0 Å². The quantitative estimate of drug-likeness (QED) is 0.363. The van der Waals surface area contributed by atoms with Gasteiger partial charge >= 0.3 is 0 Å². The van der Waals surface area contributed by atoms with E-state index >= 15 is 0 Å². The Labute approximate surface area is 232 Å². The lowest BCUT2D eigenvalue weighted by Gasteiger charge is -2.37. The van der Waals surface area contributed by atoms with Gasteiger partial charge in [-0.3, -0.25) is 14.7 Å². The van der Waals surface area contributed by atoms with E-state index in [2.05, 4.69) is 45.2 Å². The fourth-order valence-electron chi connectivity index (χ4n) is 5.87. The number of hydrogen-bond acceptors (Lipinski definition) is 4. The molecule has 0 unspecified atom stereocenters. The van der Waals surface area contributed by atoms with Crippen LogP contribution in [0.2, 0.25) is 5.02 Å². The summed E-state index contributed by atoms with van der Waals surface area (Å²) in [5.74, 6) is 0.796. The molecular formula is C32H39ClN4O. The zero-order valence-corrected chi connectivity index (χ0v) is 23.2. The Balaban J connectivity index is 1.02. The second-order valence-corrected chi connectivity index (χ2v) is 11.1. The highest BCUT2D eigenvalue weighted by Gasteiger charge is 2.25. The minimum Gasteiger partial charge on any atom is -0.368 e. The average Bonchev–Trinajstić information content (AvgIpc) is 2.98. The van der Waals surface area contributed by atoms with E-state index in [1.807, 2.05) is 42.6 Å². The molecule has 1 saturated heterocycles. The molecule has 38 heavy (non-hydrogen) atoms. The van der Waals surface area contributed by atoms with Crippen LogP contribution in [0.5, 0.6) is 0 Å². The minimum absolute atomic E-state index is 0.0358. The summed E-state index contributed by atoms with van der Waals surface area (Å²) in [6, 6.07) is 18.5. The van der Waals surface area contributed by atoms with E-state index in [0.29, 0.717) is 0 Å². The highest BCUT2D eigenvalue weighted by atomic mass is 35.5. The third-order valence-electron chi connectivity index (χ3n) is 8.33. The van der Waals surface area contributed by atoms with Crippen molar-refractivity contribution < 1.29 is 4.79 Å². The number of benzene rings is 2. The van der Waals surface area contributed by atoms with Crippen LogP contribution in [0.3, 0.4) is 0 Å². The van der Waals surface area contributed by atoms with Crippen LogP contribution in [0, 0.1) is 5.92 Å². The SMILES string of the molecule is CCc1cccc(N2CCN(CCC3CCC(NC(=O)c4ccc(-c5cccnc5)cc4)CC3)CC2)c1Cl. The molecule has 1 aliphatic heterocycles. The van der Waals surface area contributed by atoms with E-state index < -0.39 is 0 Å². The second kappa shape index (κ2) is 12.8. The first kappa shape index (κ1) is 26.7. The number of aromatic nitrogens is 1. The van der Waals surface area contributed by atoms with Crippen LogP contribution >= 0.6 is 11.6 Å². The second-order valence-electron chi connectivity index (χ2n) is 10.7. The van der Waals surface area contributed by atoms with Gasteiger partial charge in [0.25, 0.3) is 5.91 Å². The maximum atomic E-state index is 12.8. The van der Waals surface area contributed by atoms with Crippen LogP contribution in [0.15, 0.2) is 67.0 Å². The Kier molecular flexibility index (Phi) is 8.98. The Morgan fingerprint density at radius 2 is 1.71 bits per heavy atom. The van der Waals surface area contributed by atoms with Gasteiger partial charge in [0.2, 0.25) is 0 Å². The number of nitrogens with zero attached hydrogens (tertiary/aromatic N) is 3. The smallest absolute Gasteiger partial charge is 0.251 e. The van der Waals surface area contributed by atoms with E-state index in [0.717, 1.165) is 73.1 Å². The summed E-state index contributed by atoms with van der Waals surface area (Å²) in [6.07, 6.45) is 10.4. The summed E-state index contributed by atoms with van der Waals surface area (Å²) in [5.41, 5.74) is 5.28.